The number of carbonyl (C=O) groups is 1. The van der Waals surface area contributed by atoms with Crippen LogP contribution in [0.1, 0.15) is 27.0 Å². The molecule has 1 aromatic heterocycles. The number of esters is 1. The lowest BCUT2D eigenvalue weighted by Gasteiger charge is -2.12. The highest BCUT2D eigenvalue weighted by molar-refractivity contribution is 5.93. The standard InChI is InChI=1S/C26H22N2O4/c1-30-19-8-9-23-24(14-19)28(16-27-23)12-11-21-20-6-4-3-5-18(20)15-32-25-10-7-17(13-22(21)25)26(29)31-2/h3-11,13-14,16H,12,15H2,1-2H3. The molecule has 32 heavy (non-hydrogen) atoms. The number of imidazole rings is 1. The fraction of sp³-hybridized carbons (Fsp3) is 0.154. The molecular weight excluding hydrogens is 404 g/mol. The van der Waals surface area contributed by atoms with Gasteiger partial charge in [-0.05, 0) is 47.0 Å². The lowest BCUT2D eigenvalue weighted by Crippen LogP contribution is -2.03. The second-order valence-corrected chi connectivity index (χ2v) is 7.52. The van der Waals surface area contributed by atoms with E-state index in [0.29, 0.717) is 18.7 Å². The normalized spacial score (nSPS) is 13.8. The fourth-order valence-electron chi connectivity index (χ4n) is 4.04. The molecule has 0 bridgehead atoms. The molecule has 4 aromatic rings. The van der Waals surface area contributed by atoms with Crippen molar-refractivity contribution in [3.05, 3.63) is 95.3 Å². The van der Waals surface area contributed by atoms with Gasteiger partial charge < -0.3 is 18.8 Å². The molecule has 1 aliphatic heterocycles. The van der Waals surface area contributed by atoms with Gasteiger partial charge in [-0.25, -0.2) is 9.78 Å². The van der Waals surface area contributed by atoms with Crippen molar-refractivity contribution in [3.63, 3.8) is 0 Å². The Hall–Kier alpha value is -4.06. The molecule has 0 saturated carbocycles. The Labute approximate surface area is 185 Å². The lowest BCUT2D eigenvalue weighted by molar-refractivity contribution is 0.0600. The molecule has 0 radical (unpaired) electrons. The summed E-state index contributed by atoms with van der Waals surface area (Å²) in [6.07, 6.45) is 3.97. The first-order valence-corrected chi connectivity index (χ1v) is 10.3. The van der Waals surface area contributed by atoms with Crippen LogP contribution in [0.2, 0.25) is 0 Å². The summed E-state index contributed by atoms with van der Waals surface area (Å²) >= 11 is 0. The number of benzene rings is 3. The molecule has 2 heterocycles. The average Bonchev–Trinajstić information content (AvgIpc) is 3.17. The highest BCUT2D eigenvalue weighted by Crippen LogP contribution is 2.37. The number of nitrogens with zero attached hydrogens (tertiary/aromatic N) is 2. The highest BCUT2D eigenvalue weighted by atomic mass is 16.5. The zero-order valence-corrected chi connectivity index (χ0v) is 17.9. The van der Waals surface area contributed by atoms with Gasteiger partial charge in [-0.3, -0.25) is 0 Å². The predicted octanol–water partition coefficient (Wildman–Crippen LogP) is 4.86. The molecule has 0 spiro atoms. The topological polar surface area (TPSA) is 62.6 Å². The second-order valence-electron chi connectivity index (χ2n) is 7.52. The molecule has 0 unspecified atom stereocenters. The van der Waals surface area contributed by atoms with E-state index in [2.05, 4.69) is 27.8 Å². The molecule has 0 atom stereocenters. The van der Waals surface area contributed by atoms with E-state index in [4.69, 9.17) is 14.2 Å². The van der Waals surface area contributed by atoms with E-state index < -0.39 is 0 Å². The molecule has 6 heteroatoms. The van der Waals surface area contributed by atoms with Crippen molar-refractivity contribution in [1.82, 2.24) is 9.55 Å². The Bertz CT molecular complexity index is 1350. The van der Waals surface area contributed by atoms with Crippen molar-refractivity contribution in [1.29, 1.82) is 0 Å². The molecule has 0 aliphatic carbocycles. The lowest BCUT2D eigenvalue weighted by atomic mass is 9.93. The maximum atomic E-state index is 12.2. The molecule has 5 rings (SSSR count). The minimum absolute atomic E-state index is 0.377. The first kappa shape index (κ1) is 19.9. The fourth-order valence-corrected chi connectivity index (χ4v) is 4.04. The number of carbonyl (C=O) groups excluding carboxylic acids is 1. The molecule has 0 N–H and O–H groups in total. The third-order valence-corrected chi connectivity index (χ3v) is 5.70. The van der Waals surface area contributed by atoms with E-state index in [0.717, 1.165) is 44.8 Å². The van der Waals surface area contributed by atoms with Crippen LogP contribution in [0.3, 0.4) is 0 Å². The van der Waals surface area contributed by atoms with E-state index in [9.17, 15) is 4.79 Å². The SMILES string of the molecule is COC(=O)c1ccc2c(c1)C(=CCn1cnc3ccc(OC)cc31)c1ccccc1CO2. The van der Waals surface area contributed by atoms with Gasteiger partial charge in [0.05, 0.1) is 37.1 Å². The van der Waals surface area contributed by atoms with Crippen LogP contribution in [-0.4, -0.2) is 29.7 Å². The summed E-state index contributed by atoms with van der Waals surface area (Å²) in [6.45, 7) is 1.05. The summed E-state index contributed by atoms with van der Waals surface area (Å²) in [5.41, 5.74) is 6.41. The van der Waals surface area contributed by atoms with Gasteiger partial charge in [0.2, 0.25) is 0 Å². The number of methoxy groups -OCH3 is 2. The maximum absolute atomic E-state index is 12.2. The molecule has 0 fully saturated rings. The average molecular weight is 426 g/mol. The van der Waals surface area contributed by atoms with Crippen LogP contribution in [0.4, 0.5) is 0 Å². The summed E-state index contributed by atoms with van der Waals surface area (Å²) in [6, 6.07) is 19.4. The zero-order valence-electron chi connectivity index (χ0n) is 17.9. The Morgan fingerprint density at radius 3 is 2.81 bits per heavy atom. The van der Waals surface area contributed by atoms with E-state index >= 15 is 0 Å². The summed E-state index contributed by atoms with van der Waals surface area (Å²) in [5.74, 6) is 1.14. The summed E-state index contributed by atoms with van der Waals surface area (Å²) in [4.78, 5) is 16.7. The van der Waals surface area contributed by atoms with Crippen LogP contribution < -0.4 is 9.47 Å². The Kier molecular flexibility index (Phi) is 5.11. The monoisotopic (exact) mass is 426 g/mol. The van der Waals surface area contributed by atoms with Crippen LogP contribution in [-0.2, 0) is 17.9 Å². The predicted molar refractivity (Wildman–Crippen MR) is 122 cm³/mol. The van der Waals surface area contributed by atoms with E-state index in [1.165, 1.54) is 7.11 Å². The van der Waals surface area contributed by atoms with Crippen LogP contribution in [0, 0.1) is 0 Å². The van der Waals surface area contributed by atoms with E-state index in [1.807, 2.05) is 48.8 Å². The second kappa shape index (κ2) is 8.23. The summed E-state index contributed by atoms with van der Waals surface area (Å²) < 4.78 is 18.5. The molecule has 0 amide bonds. The van der Waals surface area contributed by atoms with Crippen LogP contribution in [0.25, 0.3) is 16.6 Å². The largest absolute Gasteiger partial charge is 0.497 e. The quantitative estimate of drug-likeness (QED) is 0.436. The van der Waals surface area contributed by atoms with Gasteiger partial charge in [0.15, 0.2) is 0 Å². The first-order valence-electron chi connectivity index (χ1n) is 10.3. The van der Waals surface area contributed by atoms with Gasteiger partial charge in [-0.1, -0.05) is 30.3 Å². The van der Waals surface area contributed by atoms with Crippen molar-refractivity contribution in [2.24, 2.45) is 0 Å². The Morgan fingerprint density at radius 1 is 1.09 bits per heavy atom. The number of ether oxygens (including phenoxy) is 3. The van der Waals surface area contributed by atoms with Gasteiger partial charge >= 0.3 is 5.97 Å². The third kappa shape index (κ3) is 3.50. The number of aromatic nitrogens is 2. The van der Waals surface area contributed by atoms with Gasteiger partial charge in [-0.15, -0.1) is 0 Å². The number of allylic oxidation sites excluding steroid dienone is 1. The molecule has 6 nitrogen and oxygen atoms in total. The van der Waals surface area contributed by atoms with Crippen molar-refractivity contribution in [2.75, 3.05) is 14.2 Å². The van der Waals surface area contributed by atoms with E-state index in [-0.39, 0.29) is 5.97 Å². The highest BCUT2D eigenvalue weighted by Gasteiger charge is 2.21. The molecule has 3 aromatic carbocycles. The first-order chi connectivity index (χ1) is 15.7. The number of rotatable bonds is 4. The minimum atomic E-state index is -0.377. The van der Waals surface area contributed by atoms with Crippen molar-refractivity contribution >= 4 is 22.6 Å². The molecular formula is C26H22N2O4. The number of hydrogen-bond donors (Lipinski definition) is 0. The summed E-state index contributed by atoms with van der Waals surface area (Å²) in [7, 11) is 3.04. The zero-order chi connectivity index (χ0) is 22.1. The van der Waals surface area contributed by atoms with Gasteiger partial charge in [0.1, 0.15) is 18.1 Å². The van der Waals surface area contributed by atoms with Gasteiger partial charge in [0, 0.05) is 18.2 Å². The number of fused-ring (bicyclic) bond motifs is 3. The Morgan fingerprint density at radius 2 is 1.97 bits per heavy atom. The van der Waals surface area contributed by atoms with Crippen LogP contribution in [0.5, 0.6) is 11.5 Å². The van der Waals surface area contributed by atoms with E-state index in [1.54, 1.807) is 13.2 Å². The molecule has 160 valence electrons. The van der Waals surface area contributed by atoms with Crippen molar-refractivity contribution < 1.29 is 19.0 Å². The minimum Gasteiger partial charge on any atom is -0.497 e. The van der Waals surface area contributed by atoms with Crippen LogP contribution in [0.15, 0.2) is 73.1 Å². The van der Waals surface area contributed by atoms with Crippen molar-refractivity contribution in [2.45, 2.75) is 13.2 Å². The van der Waals surface area contributed by atoms with Gasteiger partial charge in [-0.2, -0.15) is 0 Å². The Balaban J connectivity index is 1.64. The maximum Gasteiger partial charge on any atom is 0.337 e. The van der Waals surface area contributed by atoms with Gasteiger partial charge in [0.25, 0.3) is 0 Å². The molecule has 1 aliphatic rings. The third-order valence-electron chi connectivity index (χ3n) is 5.70. The number of hydrogen-bond acceptors (Lipinski definition) is 5. The molecule has 0 saturated heterocycles. The van der Waals surface area contributed by atoms with Crippen LogP contribution >= 0.6 is 0 Å². The smallest absolute Gasteiger partial charge is 0.337 e. The summed E-state index contributed by atoms with van der Waals surface area (Å²) in [5, 5.41) is 0. The van der Waals surface area contributed by atoms with Crippen molar-refractivity contribution in [3.8, 4) is 11.5 Å².